The summed E-state index contributed by atoms with van der Waals surface area (Å²) in [7, 11) is 1.96. The van der Waals surface area contributed by atoms with Crippen LogP contribution in [0.1, 0.15) is 15.9 Å². The maximum atomic E-state index is 13.3. The Labute approximate surface area is 174 Å². The molecule has 0 saturated carbocycles. The normalized spacial score (nSPS) is 23.5. The molecule has 3 aromatic rings. The highest BCUT2D eigenvalue weighted by Gasteiger charge is 2.39. The highest BCUT2D eigenvalue weighted by molar-refractivity contribution is 6.30. The predicted molar refractivity (Wildman–Crippen MR) is 114 cm³/mol. The van der Waals surface area contributed by atoms with Gasteiger partial charge in [-0.25, -0.2) is 5.06 Å². The van der Waals surface area contributed by atoms with Gasteiger partial charge in [-0.05, 0) is 30.2 Å². The van der Waals surface area contributed by atoms with Gasteiger partial charge in [-0.15, -0.1) is 0 Å². The number of rotatable bonds is 3. The van der Waals surface area contributed by atoms with Crippen molar-refractivity contribution in [1.29, 1.82) is 0 Å². The zero-order chi connectivity index (χ0) is 20.0. The Morgan fingerprint density at radius 3 is 2.76 bits per heavy atom. The van der Waals surface area contributed by atoms with Crippen molar-refractivity contribution in [2.75, 3.05) is 13.2 Å². The lowest BCUT2D eigenvalue weighted by atomic mass is 9.96. The summed E-state index contributed by atoms with van der Waals surface area (Å²) in [5, 5.41) is 3.19. The lowest BCUT2D eigenvalue weighted by Crippen LogP contribution is -2.60. The van der Waals surface area contributed by atoms with Crippen molar-refractivity contribution in [2.24, 2.45) is 7.05 Å². The van der Waals surface area contributed by atoms with Crippen molar-refractivity contribution >= 4 is 28.4 Å². The molecule has 3 heterocycles. The van der Waals surface area contributed by atoms with Crippen molar-refractivity contribution < 1.29 is 9.63 Å². The molecule has 148 valence electrons. The number of hydrogen-bond donors (Lipinski definition) is 0. The first-order chi connectivity index (χ1) is 14.1. The average molecular weight is 408 g/mol. The minimum absolute atomic E-state index is 0.1000. The molecule has 0 N–H and O–H groups in total. The molecule has 1 amide bonds. The maximum absolute atomic E-state index is 13.3. The summed E-state index contributed by atoms with van der Waals surface area (Å²) in [5.41, 5.74) is 2.92. The number of fused-ring (bicyclic) bond motifs is 3. The van der Waals surface area contributed by atoms with Crippen LogP contribution in [-0.2, 0) is 18.3 Å². The van der Waals surface area contributed by atoms with Crippen molar-refractivity contribution in [3.8, 4) is 0 Å². The summed E-state index contributed by atoms with van der Waals surface area (Å²) in [6.45, 7) is 1.25. The first-order valence-corrected chi connectivity index (χ1v) is 10.2. The Morgan fingerprint density at radius 2 is 1.97 bits per heavy atom. The first kappa shape index (κ1) is 18.4. The topological polar surface area (TPSA) is 37.7 Å². The fraction of sp³-hybridized carbons (Fsp3) is 0.261. The molecule has 2 bridgehead atoms. The number of halogens is 1. The van der Waals surface area contributed by atoms with E-state index in [1.54, 1.807) is 0 Å². The van der Waals surface area contributed by atoms with E-state index in [4.69, 9.17) is 16.4 Å². The third-order valence-corrected chi connectivity index (χ3v) is 6.04. The van der Waals surface area contributed by atoms with Crippen LogP contribution in [0.15, 0.2) is 66.9 Å². The van der Waals surface area contributed by atoms with E-state index in [1.165, 1.54) is 10.6 Å². The number of nitrogens with zero attached hydrogens (tertiary/aromatic N) is 3. The fourth-order valence-electron chi connectivity index (χ4n) is 4.28. The molecule has 1 aromatic heterocycles. The minimum atomic E-state index is -0.160. The number of carbonyl (C=O) groups is 1. The van der Waals surface area contributed by atoms with Crippen LogP contribution in [-0.4, -0.2) is 45.8 Å². The molecule has 6 heteroatoms. The summed E-state index contributed by atoms with van der Waals surface area (Å²) in [6.07, 6.45) is 6.76. The van der Waals surface area contributed by atoms with Crippen LogP contribution in [0.5, 0.6) is 0 Å². The van der Waals surface area contributed by atoms with Gasteiger partial charge in [-0.3, -0.25) is 14.5 Å². The van der Waals surface area contributed by atoms with E-state index in [9.17, 15) is 4.79 Å². The van der Waals surface area contributed by atoms with Crippen molar-refractivity contribution in [3.63, 3.8) is 0 Å². The summed E-state index contributed by atoms with van der Waals surface area (Å²) >= 11 is 6.01. The van der Waals surface area contributed by atoms with Gasteiger partial charge < -0.3 is 4.57 Å². The molecule has 3 unspecified atom stereocenters. The molecule has 2 aliphatic heterocycles. The van der Waals surface area contributed by atoms with Gasteiger partial charge in [0.2, 0.25) is 0 Å². The van der Waals surface area contributed by atoms with Gasteiger partial charge >= 0.3 is 0 Å². The molecule has 2 aliphatic rings. The number of hydrogen-bond acceptors (Lipinski definition) is 3. The predicted octanol–water partition coefficient (Wildman–Crippen LogP) is 4.03. The quantitative estimate of drug-likeness (QED) is 0.615. The van der Waals surface area contributed by atoms with Crippen LogP contribution in [0.2, 0.25) is 5.02 Å². The summed E-state index contributed by atoms with van der Waals surface area (Å²) in [6, 6.07) is 16.1. The third kappa shape index (κ3) is 3.35. The number of hydroxylamine groups is 2. The SMILES string of the molecule is Cn1cc(C(=O)N2CN3CC=CC(O2)C3Cc2ccc(Cl)cc2)c2ccccc21. The number of aromatic nitrogens is 1. The number of amides is 1. The highest BCUT2D eigenvalue weighted by Crippen LogP contribution is 2.29. The number of carbonyl (C=O) groups excluding carboxylic acids is 1. The summed E-state index contributed by atoms with van der Waals surface area (Å²) in [5.74, 6) is -0.1000. The minimum Gasteiger partial charge on any atom is -0.350 e. The van der Waals surface area contributed by atoms with Gasteiger partial charge in [-0.1, -0.05) is 54.1 Å². The van der Waals surface area contributed by atoms with Crippen molar-refractivity contribution in [1.82, 2.24) is 14.5 Å². The van der Waals surface area contributed by atoms with E-state index in [0.717, 1.165) is 28.9 Å². The fourth-order valence-corrected chi connectivity index (χ4v) is 4.41. The van der Waals surface area contributed by atoms with E-state index in [0.29, 0.717) is 12.2 Å². The third-order valence-electron chi connectivity index (χ3n) is 5.78. The zero-order valence-corrected chi connectivity index (χ0v) is 16.9. The molecular weight excluding hydrogens is 386 g/mol. The molecule has 0 radical (unpaired) electrons. The largest absolute Gasteiger partial charge is 0.350 e. The standard InChI is InChI=1S/C23H22ClN3O2/c1-25-14-19(18-5-2-3-6-20(18)25)23(28)27-15-26-12-4-7-22(29-27)21(26)13-16-8-10-17(24)11-9-16/h2-11,14,21-22H,12-13,15H2,1H3. The van der Waals surface area contributed by atoms with Crippen LogP contribution in [0.4, 0.5) is 0 Å². The van der Waals surface area contributed by atoms with Gasteiger partial charge in [0, 0.05) is 41.8 Å². The number of benzene rings is 2. The van der Waals surface area contributed by atoms with Crippen molar-refractivity contribution in [3.05, 3.63) is 83.0 Å². The highest BCUT2D eigenvalue weighted by atomic mass is 35.5. The second-order valence-electron chi connectivity index (χ2n) is 7.66. The van der Waals surface area contributed by atoms with Crippen LogP contribution in [0.25, 0.3) is 10.9 Å². The van der Waals surface area contributed by atoms with E-state index in [-0.39, 0.29) is 18.1 Å². The maximum Gasteiger partial charge on any atom is 0.280 e. The Kier molecular flexibility index (Phi) is 4.66. The van der Waals surface area contributed by atoms with Gasteiger partial charge in [-0.2, -0.15) is 0 Å². The average Bonchev–Trinajstić information content (AvgIpc) is 3.06. The molecule has 29 heavy (non-hydrogen) atoms. The summed E-state index contributed by atoms with van der Waals surface area (Å²) in [4.78, 5) is 21.7. The van der Waals surface area contributed by atoms with E-state index in [2.05, 4.69) is 29.2 Å². The molecular formula is C23H22ClN3O2. The van der Waals surface area contributed by atoms with Gasteiger partial charge in [0.1, 0.15) is 12.8 Å². The molecule has 1 saturated heterocycles. The molecule has 3 atom stereocenters. The Balaban J connectivity index is 1.38. The van der Waals surface area contributed by atoms with Crippen LogP contribution in [0, 0.1) is 0 Å². The molecule has 5 rings (SSSR count). The second kappa shape index (κ2) is 7.34. The monoisotopic (exact) mass is 407 g/mol. The molecule has 5 nitrogen and oxygen atoms in total. The molecule has 0 spiro atoms. The summed E-state index contributed by atoms with van der Waals surface area (Å²) < 4.78 is 1.98. The van der Waals surface area contributed by atoms with Crippen LogP contribution in [0.3, 0.4) is 0 Å². The van der Waals surface area contributed by atoms with Gasteiger partial charge in [0.05, 0.1) is 5.56 Å². The molecule has 2 aromatic carbocycles. The first-order valence-electron chi connectivity index (χ1n) is 9.78. The smallest absolute Gasteiger partial charge is 0.280 e. The second-order valence-corrected chi connectivity index (χ2v) is 8.10. The van der Waals surface area contributed by atoms with Crippen molar-refractivity contribution in [2.45, 2.75) is 18.6 Å². The van der Waals surface area contributed by atoms with Crippen LogP contribution < -0.4 is 0 Å². The van der Waals surface area contributed by atoms with E-state index >= 15 is 0 Å². The molecule has 1 fully saturated rings. The zero-order valence-electron chi connectivity index (χ0n) is 16.2. The van der Waals surface area contributed by atoms with Crippen LogP contribution >= 0.6 is 11.6 Å². The van der Waals surface area contributed by atoms with E-state index in [1.807, 2.05) is 54.2 Å². The number of aryl methyl sites for hydroxylation is 1. The molecule has 0 aliphatic carbocycles. The Bertz CT molecular complexity index is 1090. The Morgan fingerprint density at radius 1 is 1.17 bits per heavy atom. The van der Waals surface area contributed by atoms with Gasteiger partial charge in [0.25, 0.3) is 5.91 Å². The lowest BCUT2D eigenvalue weighted by molar-refractivity contribution is -0.230. The lowest BCUT2D eigenvalue weighted by Gasteiger charge is -2.46. The number of para-hydroxylation sites is 1. The Hall–Kier alpha value is -2.60. The van der Waals surface area contributed by atoms with E-state index < -0.39 is 0 Å². The van der Waals surface area contributed by atoms with Gasteiger partial charge in [0.15, 0.2) is 0 Å².